The van der Waals surface area contributed by atoms with Crippen LogP contribution in [0.4, 0.5) is 11.5 Å². The lowest BCUT2D eigenvalue weighted by Gasteiger charge is -2.21. The zero-order chi connectivity index (χ0) is 22.4. The van der Waals surface area contributed by atoms with Crippen molar-refractivity contribution in [1.29, 1.82) is 0 Å². The lowest BCUT2D eigenvalue weighted by Crippen LogP contribution is -2.36. The van der Waals surface area contributed by atoms with Crippen LogP contribution < -0.4 is 10.3 Å². The summed E-state index contributed by atoms with van der Waals surface area (Å²) in [5.41, 5.74) is 2.44. The number of nitrogens with one attached hydrogen (secondary N) is 1. The van der Waals surface area contributed by atoms with Crippen molar-refractivity contribution in [2.45, 2.75) is 13.8 Å². The van der Waals surface area contributed by atoms with E-state index in [1.807, 2.05) is 31.2 Å². The second-order valence-electron chi connectivity index (χ2n) is 7.25. The van der Waals surface area contributed by atoms with Crippen LogP contribution in [0.5, 0.6) is 0 Å². The smallest absolute Gasteiger partial charge is 0.292 e. The van der Waals surface area contributed by atoms with E-state index in [2.05, 4.69) is 41.4 Å². The third-order valence-corrected chi connectivity index (χ3v) is 5.25. The highest BCUT2D eigenvalue weighted by molar-refractivity contribution is 9.10. The van der Waals surface area contributed by atoms with Gasteiger partial charge in [0.2, 0.25) is 0 Å². The molecule has 0 spiro atoms. The monoisotopic (exact) mass is 493 g/mol. The van der Waals surface area contributed by atoms with E-state index in [1.54, 1.807) is 24.1 Å². The van der Waals surface area contributed by atoms with Crippen LogP contribution >= 0.6 is 15.9 Å². The number of amides is 2. The Labute approximate surface area is 190 Å². The van der Waals surface area contributed by atoms with Gasteiger partial charge in [-0.3, -0.25) is 9.59 Å². The molecule has 2 aliphatic heterocycles. The lowest BCUT2D eigenvalue weighted by atomic mass is 10.1. The van der Waals surface area contributed by atoms with Gasteiger partial charge in [0.25, 0.3) is 17.8 Å². The topological polar surface area (TPSA) is 117 Å². The highest BCUT2D eigenvalue weighted by atomic mass is 79.9. The van der Waals surface area contributed by atoms with Crippen LogP contribution in [0.3, 0.4) is 0 Å². The number of fused-ring (bicyclic) bond motifs is 1. The van der Waals surface area contributed by atoms with Gasteiger partial charge in [-0.2, -0.15) is 24.9 Å². The Hall–Kier alpha value is -3.86. The summed E-state index contributed by atoms with van der Waals surface area (Å²) in [6.07, 6.45) is 1.52. The number of amidine groups is 1. The molecule has 0 fully saturated rings. The Balaban J connectivity index is 1.50. The largest absolute Gasteiger partial charge is 0.444 e. The summed E-state index contributed by atoms with van der Waals surface area (Å²) in [5.74, 6) is -0.686. The van der Waals surface area contributed by atoms with E-state index in [-0.39, 0.29) is 11.7 Å². The van der Waals surface area contributed by atoms with Crippen molar-refractivity contribution < 1.29 is 14.0 Å². The number of carbonyl (C=O) groups excluding carboxylic acids is 2. The quantitative estimate of drug-likeness (QED) is 0.599. The molecule has 1 N–H and O–H groups in total. The van der Waals surface area contributed by atoms with E-state index in [1.165, 1.54) is 17.0 Å². The average molecular weight is 494 g/mol. The van der Waals surface area contributed by atoms with Gasteiger partial charge in [-0.1, -0.05) is 12.1 Å². The number of halogens is 1. The Bertz CT molecular complexity index is 1350. The van der Waals surface area contributed by atoms with Crippen molar-refractivity contribution >= 4 is 57.3 Å². The molecule has 0 radical (unpaired) electrons. The molecule has 11 heteroatoms. The van der Waals surface area contributed by atoms with E-state index in [0.717, 1.165) is 11.3 Å². The van der Waals surface area contributed by atoms with E-state index in [4.69, 9.17) is 4.42 Å². The zero-order valence-corrected chi connectivity index (χ0v) is 18.6. The van der Waals surface area contributed by atoms with Crippen molar-refractivity contribution in [3.8, 4) is 0 Å². The van der Waals surface area contributed by atoms with Gasteiger partial charge in [-0.15, -0.1) is 0 Å². The molecule has 1 aromatic carbocycles. The number of aromatic nitrogens is 2. The maximum absolute atomic E-state index is 12.7. The first-order valence-corrected chi connectivity index (χ1v) is 10.4. The first-order chi connectivity index (χ1) is 15.4. The van der Waals surface area contributed by atoms with Crippen LogP contribution in [-0.4, -0.2) is 39.6 Å². The standard InChI is InChI=1S/C21H16BrN7O3/c1-11-4-3-5-13(8-11)28-18-14(10-23-28)19(30)26-21(25-18)29-17(9-12(2)27-29)24-20(31)15-6-7-16(22)32-15/h3-10,14H,1-2H3,(H,24,31). The summed E-state index contributed by atoms with van der Waals surface area (Å²) in [4.78, 5) is 33.9. The summed E-state index contributed by atoms with van der Waals surface area (Å²) >= 11 is 3.17. The molecule has 2 amide bonds. The van der Waals surface area contributed by atoms with Crippen molar-refractivity contribution in [3.63, 3.8) is 0 Å². The van der Waals surface area contributed by atoms with E-state index >= 15 is 0 Å². The van der Waals surface area contributed by atoms with E-state index < -0.39 is 17.7 Å². The molecule has 2 aromatic heterocycles. The maximum Gasteiger partial charge on any atom is 0.292 e. The van der Waals surface area contributed by atoms with Crippen molar-refractivity contribution in [1.82, 2.24) is 9.78 Å². The minimum absolute atomic E-state index is 0.0356. The van der Waals surface area contributed by atoms with Crippen LogP contribution in [0.15, 0.2) is 66.6 Å². The lowest BCUT2D eigenvalue weighted by molar-refractivity contribution is -0.118. The molecule has 4 heterocycles. The van der Waals surface area contributed by atoms with Crippen LogP contribution in [0.1, 0.15) is 21.8 Å². The van der Waals surface area contributed by atoms with Gasteiger partial charge < -0.3 is 9.73 Å². The summed E-state index contributed by atoms with van der Waals surface area (Å²) in [6.45, 7) is 3.73. The SMILES string of the molecule is Cc1cccc(N2N=CC3C(=O)N=C(n4nc(C)cc4NC(=O)c4ccc(Br)o4)N=C32)c1. The van der Waals surface area contributed by atoms with Crippen molar-refractivity contribution in [2.24, 2.45) is 21.0 Å². The van der Waals surface area contributed by atoms with Gasteiger partial charge in [0, 0.05) is 12.3 Å². The fourth-order valence-electron chi connectivity index (χ4n) is 3.39. The van der Waals surface area contributed by atoms with Crippen LogP contribution in [0.2, 0.25) is 0 Å². The van der Waals surface area contributed by atoms with Gasteiger partial charge in [0.15, 0.2) is 16.3 Å². The third-order valence-electron chi connectivity index (χ3n) is 4.82. The minimum atomic E-state index is -0.672. The molecular formula is C21H16BrN7O3. The Morgan fingerprint density at radius 1 is 1.16 bits per heavy atom. The number of aryl methyl sites for hydroxylation is 2. The van der Waals surface area contributed by atoms with Gasteiger partial charge in [0.1, 0.15) is 11.7 Å². The van der Waals surface area contributed by atoms with Crippen LogP contribution in [0.25, 0.3) is 0 Å². The number of rotatable bonds is 3. The fraction of sp³-hybridized carbons (Fsp3) is 0.143. The zero-order valence-electron chi connectivity index (χ0n) is 17.0. The number of benzene rings is 1. The number of hydrogen-bond acceptors (Lipinski definition) is 7. The summed E-state index contributed by atoms with van der Waals surface area (Å²) in [6, 6.07) is 12.5. The van der Waals surface area contributed by atoms with Crippen molar-refractivity contribution in [3.05, 3.63) is 64.2 Å². The summed E-state index contributed by atoms with van der Waals surface area (Å²) < 4.78 is 7.05. The van der Waals surface area contributed by atoms with E-state index in [9.17, 15) is 9.59 Å². The summed E-state index contributed by atoms with van der Waals surface area (Å²) in [5, 5.41) is 13.0. The number of hydrazone groups is 1. The van der Waals surface area contributed by atoms with Crippen molar-refractivity contribution in [2.75, 3.05) is 10.3 Å². The minimum Gasteiger partial charge on any atom is -0.444 e. The van der Waals surface area contributed by atoms with Gasteiger partial charge >= 0.3 is 0 Å². The first kappa shape index (κ1) is 20.1. The molecular weight excluding hydrogens is 478 g/mol. The molecule has 2 aliphatic rings. The number of furan rings is 1. The average Bonchev–Trinajstić information content (AvgIpc) is 3.46. The second kappa shape index (κ2) is 7.68. The number of nitrogens with zero attached hydrogens (tertiary/aromatic N) is 6. The summed E-state index contributed by atoms with van der Waals surface area (Å²) in [7, 11) is 0. The first-order valence-electron chi connectivity index (χ1n) is 9.65. The molecule has 0 aliphatic carbocycles. The van der Waals surface area contributed by atoms with Crippen LogP contribution in [0, 0.1) is 19.8 Å². The normalized spacial score (nSPS) is 17.3. The number of anilines is 2. The highest BCUT2D eigenvalue weighted by Gasteiger charge is 2.37. The number of aliphatic imine (C=N–C) groups is 2. The van der Waals surface area contributed by atoms with Gasteiger partial charge in [-0.05, 0) is 59.6 Å². The Kier molecular flexibility index (Phi) is 4.82. The number of hydrogen-bond donors (Lipinski definition) is 1. The molecule has 0 bridgehead atoms. The molecule has 5 rings (SSSR count). The van der Waals surface area contributed by atoms with Gasteiger partial charge in [0.05, 0.1) is 11.4 Å². The van der Waals surface area contributed by atoms with E-state index in [0.29, 0.717) is 22.0 Å². The van der Waals surface area contributed by atoms with Gasteiger partial charge in [-0.25, -0.2) is 5.01 Å². The molecule has 0 saturated carbocycles. The maximum atomic E-state index is 12.7. The Morgan fingerprint density at radius 2 is 2.00 bits per heavy atom. The predicted octanol–water partition coefficient (Wildman–Crippen LogP) is 3.37. The highest BCUT2D eigenvalue weighted by Crippen LogP contribution is 2.26. The molecule has 160 valence electrons. The molecule has 0 saturated heterocycles. The molecule has 10 nitrogen and oxygen atoms in total. The number of carbonyl (C=O) groups is 2. The fourth-order valence-corrected chi connectivity index (χ4v) is 3.69. The molecule has 1 atom stereocenters. The third kappa shape index (κ3) is 3.56. The molecule has 32 heavy (non-hydrogen) atoms. The second-order valence-corrected chi connectivity index (χ2v) is 8.04. The molecule has 1 unspecified atom stereocenters. The predicted molar refractivity (Wildman–Crippen MR) is 122 cm³/mol. The Morgan fingerprint density at radius 3 is 2.75 bits per heavy atom. The molecule has 3 aromatic rings. The van der Waals surface area contributed by atoms with Crippen LogP contribution in [-0.2, 0) is 4.79 Å².